The lowest BCUT2D eigenvalue weighted by Gasteiger charge is -2.31. The van der Waals surface area contributed by atoms with Crippen LogP contribution in [0, 0.1) is 0 Å². The maximum atomic E-state index is 12.5. The average molecular weight is 283 g/mol. The summed E-state index contributed by atoms with van der Waals surface area (Å²) in [5.74, 6) is -0.856. The molecule has 6 nitrogen and oxygen atoms in total. The van der Waals surface area contributed by atoms with Crippen LogP contribution in [0.4, 0.5) is 4.79 Å². The topological polar surface area (TPSA) is 64.1 Å². The lowest BCUT2D eigenvalue weighted by Crippen LogP contribution is -2.47. The van der Waals surface area contributed by atoms with Crippen molar-refractivity contribution in [3.05, 3.63) is 0 Å². The van der Waals surface area contributed by atoms with Crippen LogP contribution in [0.1, 0.15) is 32.6 Å². The lowest BCUT2D eigenvalue weighted by molar-refractivity contribution is -0.137. The van der Waals surface area contributed by atoms with Gasteiger partial charge < -0.3 is 14.9 Å². The van der Waals surface area contributed by atoms with Gasteiger partial charge in [-0.25, -0.2) is 4.79 Å². The molecule has 0 saturated carbocycles. The molecule has 114 valence electrons. The van der Waals surface area contributed by atoms with Crippen LogP contribution < -0.4 is 0 Å². The summed E-state index contributed by atoms with van der Waals surface area (Å²) in [5, 5.41) is 8.76. The lowest BCUT2D eigenvalue weighted by atomic mass is 10.1. The molecule has 0 aliphatic carbocycles. The minimum atomic E-state index is -0.856. The van der Waals surface area contributed by atoms with Crippen molar-refractivity contribution in [3.63, 3.8) is 0 Å². The van der Waals surface area contributed by atoms with Crippen LogP contribution in [0.3, 0.4) is 0 Å². The summed E-state index contributed by atoms with van der Waals surface area (Å²) < 4.78 is 0. The second-order valence-corrected chi connectivity index (χ2v) is 5.79. The second-order valence-electron chi connectivity index (χ2n) is 5.79. The van der Waals surface area contributed by atoms with E-state index in [1.807, 2.05) is 11.8 Å². The van der Waals surface area contributed by atoms with Crippen LogP contribution in [0.5, 0.6) is 0 Å². The van der Waals surface area contributed by atoms with Gasteiger partial charge >= 0.3 is 12.0 Å². The molecule has 2 saturated heterocycles. The molecular weight excluding hydrogens is 258 g/mol. The van der Waals surface area contributed by atoms with E-state index in [1.54, 1.807) is 4.90 Å². The van der Waals surface area contributed by atoms with E-state index in [9.17, 15) is 9.59 Å². The van der Waals surface area contributed by atoms with Gasteiger partial charge in [0.15, 0.2) is 0 Å². The third kappa shape index (κ3) is 3.23. The van der Waals surface area contributed by atoms with E-state index < -0.39 is 5.97 Å². The molecule has 1 N–H and O–H groups in total. The number of rotatable bonds is 4. The maximum Gasteiger partial charge on any atom is 0.320 e. The number of urea groups is 1. The van der Waals surface area contributed by atoms with Gasteiger partial charge in [0, 0.05) is 38.3 Å². The van der Waals surface area contributed by atoms with E-state index >= 15 is 0 Å². The van der Waals surface area contributed by atoms with Gasteiger partial charge in [0.25, 0.3) is 0 Å². The van der Waals surface area contributed by atoms with Gasteiger partial charge in [0.1, 0.15) is 0 Å². The van der Waals surface area contributed by atoms with Gasteiger partial charge in [-0.2, -0.15) is 0 Å². The Balaban J connectivity index is 1.95. The molecule has 2 rings (SSSR count). The van der Waals surface area contributed by atoms with Crippen LogP contribution in [-0.4, -0.2) is 77.1 Å². The first kappa shape index (κ1) is 15.1. The number of hydrogen-bond donors (Lipinski definition) is 1. The van der Waals surface area contributed by atoms with Crippen LogP contribution in [-0.2, 0) is 4.79 Å². The van der Waals surface area contributed by atoms with E-state index in [0.717, 1.165) is 25.9 Å². The monoisotopic (exact) mass is 283 g/mol. The summed E-state index contributed by atoms with van der Waals surface area (Å²) >= 11 is 0. The minimum absolute atomic E-state index is 0.00491. The van der Waals surface area contributed by atoms with Crippen molar-refractivity contribution >= 4 is 12.0 Å². The minimum Gasteiger partial charge on any atom is -0.481 e. The van der Waals surface area contributed by atoms with Gasteiger partial charge in [-0.05, 0) is 33.2 Å². The number of fused-ring (bicyclic) bond motifs is 2. The number of amides is 2. The molecule has 2 aliphatic rings. The number of carboxylic acid groups (broad SMARTS) is 1. The van der Waals surface area contributed by atoms with Crippen LogP contribution >= 0.6 is 0 Å². The molecule has 2 bridgehead atoms. The van der Waals surface area contributed by atoms with Crippen molar-refractivity contribution in [2.45, 2.75) is 44.7 Å². The van der Waals surface area contributed by atoms with Crippen molar-refractivity contribution in [2.24, 2.45) is 0 Å². The van der Waals surface area contributed by atoms with Gasteiger partial charge in [-0.15, -0.1) is 0 Å². The predicted molar refractivity (Wildman–Crippen MR) is 75.7 cm³/mol. The first-order valence-electron chi connectivity index (χ1n) is 7.50. The highest BCUT2D eigenvalue weighted by Crippen LogP contribution is 2.28. The fourth-order valence-electron chi connectivity index (χ4n) is 3.30. The molecular formula is C14H25N3O3. The molecule has 2 heterocycles. The molecule has 0 aromatic carbocycles. The van der Waals surface area contributed by atoms with Gasteiger partial charge in [0.2, 0.25) is 0 Å². The Hall–Kier alpha value is -1.30. The fourth-order valence-corrected chi connectivity index (χ4v) is 3.30. The Bertz CT molecular complexity index is 375. The highest BCUT2D eigenvalue weighted by Gasteiger charge is 2.36. The van der Waals surface area contributed by atoms with E-state index in [4.69, 9.17) is 5.11 Å². The number of carboxylic acids is 1. The van der Waals surface area contributed by atoms with Gasteiger partial charge in [-0.1, -0.05) is 0 Å². The highest BCUT2D eigenvalue weighted by molar-refractivity contribution is 5.75. The van der Waals surface area contributed by atoms with Crippen LogP contribution in [0.25, 0.3) is 0 Å². The summed E-state index contributed by atoms with van der Waals surface area (Å²) in [6.45, 7) is 4.32. The maximum absolute atomic E-state index is 12.5. The van der Waals surface area contributed by atoms with Crippen LogP contribution in [0.2, 0.25) is 0 Å². The molecule has 6 heteroatoms. The van der Waals surface area contributed by atoms with Crippen molar-refractivity contribution in [2.75, 3.05) is 33.2 Å². The zero-order valence-corrected chi connectivity index (χ0v) is 12.4. The predicted octanol–water partition coefficient (Wildman–Crippen LogP) is 1.07. The van der Waals surface area contributed by atoms with E-state index in [1.165, 1.54) is 6.42 Å². The number of likely N-dealkylation sites (N-methyl/N-ethyl adjacent to an activating group) is 1. The van der Waals surface area contributed by atoms with Gasteiger partial charge in [-0.3, -0.25) is 9.69 Å². The third-order valence-corrected chi connectivity index (χ3v) is 4.67. The SMILES string of the molecule is CCN(CCC(=O)O)C(=O)N1CCC2CCC(C1)N2C. The van der Waals surface area contributed by atoms with E-state index in [0.29, 0.717) is 25.2 Å². The van der Waals surface area contributed by atoms with Gasteiger partial charge in [0.05, 0.1) is 6.42 Å². The largest absolute Gasteiger partial charge is 0.481 e. The smallest absolute Gasteiger partial charge is 0.320 e. The molecule has 2 unspecified atom stereocenters. The summed E-state index contributed by atoms with van der Waals surface area (Å²) in [4.78, 5) is 29.1. The van der Waals surface area contributed by atoms with Crippen molar-refractivity contribution < 1.29 is 14.7 Å². The molecule has 2 atom stereocenters. The molecule has 0 aromatic heterocycles. The standard InChI is InChI=1S/C14H25N3O3/c1-3-16(9-7-13(18)19)14(20)17-8-6-11-4-5-12(10-17)15(11)2/h11-12H,3-10H2,1-2H3,(H,18,19). The summed E-state index contributed by atoms with van der Waals surface area (Å²) in [6.07, 6.45) is 3.43. The second kappa shape index (κ2) is 6.43. The number of carbonyl (C=O) groups excluding carboxylic acids is 1. The number of carbonyl (C=O) groups is 2. The van der Waals surface area contributed by atoms with E-state index in [2.05, 4.69) is 11.9 Å². The Kier molecular flexibility index (Phi) is 4.86. The molecule has 0 radical (unpaired) electrons. The third-order valence-electron chi connectivity index (χ3n) is 4.67. The zero-order chi connectivity index (χ0) is 14.7. The molecule has 2 amide bonds. The average Bonchev–Trinajstić information content (AvgIpc) is 2.63. The Morgan fingerprint density at radius 1 is 1.25 bits per heavy atom. The van der Waals surface area contributed by atoms with Crippen molar-refractivity contribution in [1.82, 2.24) is 14.7 Å². The molecule has 2 aliphatic heterocycles. The molecule has 0 aromatic rings. The number of nitrogens with zero attached hydrogens (tertiary/aromatic N) is 3. The molecule has 0 spiro atoms. The number of likely N-dealkylation sites (tertiary alicyclic amines) is 1. The number of hydrogen-bond acceptors (Lipinski definition) is 3. The summed E-state index contributed by atoms with van der Waals surface area (Å²) in [5.41, 5.74) is 0. The Labute approximate surface area is 120 Å². The molecule has 20 heavy (non-hydrogen) atoms. The number of aliphatic carboxylic acids is 1. The summed E-state index contributed by atoms with van der Waals surface area (Å²) in [6, 6.07) is 1.06. The molecule has 2 fully saturated rings. The Morgan fingerprint density at radius 3 is 2.60 bits per heavy atom. The summed E-state index contributed by atoms with van der Waals surface area (Å²) in [7, 11) is 2.15. The first-order valence-corrected chi connectivity index (χ1v) is 7.50. The fraction of sp³-hybridized carbons (Fsp3) is 0.857. The van der Waals surface area contributed by atoms with E-state index in [-0.39, 0.29) is 12.5 Å². The normalized spacial score (nSPS) is 26.4. The Morgan fingerprint density at radius 2 is 1.95 bits per heavy atom. The quantitative estimate of drug-likeness (QED) is 0.838. The first-order chi connectivity index (χ1) is 9.52. The van der Waals surface area contributed by atoms with Crippen molar-refractivity contribution in [3.8, 4) is 0 Å². The zero-order valence-electron chi connectivity index (χ0n) is 12.4. The highest BCUT2D eigenvalue weighted by atomic mass is 16.4. The van der Waals surface area contributed by atoms with Crippen LogP contribution in [0.15, 0.2) is 0 Å². The van der Waals surface area contributed by atoms with Crippen molar-refractivity contribution in [1.29, 1.82) is 0 Å².